The van der Waals surface area contributed by atoms with Crippen LogP contribution in [0, 0.1) is 6.92 Å². The average molecular weight is 980 g/mol. The summed E-state index contributed by atoms with van der Waals surface area (Å²) >= 11 is 9.22. The molecular formula is C37H35Br2F4N3O6P2S2. The van der Waals surface area contributed by atoms with Gasteiger partial charge in [0.1, 0.15) is 0 Å². The van der Waals surface area contributed by atoms with Crippen molar-refractivity contribution in [1.82, 2.24) is 15.0 Å². The molecule has 0 unspecified atom stereocenters. The maximum atomic E-state index is 13.9. The van der Waals surface area contributed by atoms with Crippen LogP contribution in [-0.4, -0.2) is 46.0 Å². The number of H-pyrrole nitrogens is 1. The third kappa shape index (κ3) is 11.1. The number of benzene rings is 4. The van der Waals surface area contributed by atoms with E-state index < -0.39 is 37.6 Å². The van der Waals surface area contributed by atoms with Crippen LogP contribution >= 0.6 is 70.6 Å². The van der Waals surface area contributed by atoms with Crippen LogP contribution in [0.1, 0.15) is 40.7 Å². The summed E-state index contributed by atoms with van der Waals surface area (Å²) in [6.45, 7) is 2.02. The quantitative estimate of drug-likeness (QED) is 0.0308. The molecule has 0 radical (unpaired) electrons. The molecule has 6 aromatic rings. The van der Waals surface area contributed by atoms with Crippen molar-refractivity contribution in [2.45, 2.75) is 54.1 Å². The first kappa shape index (κ1) is 44.5. The highest BCUT2D eigenvalue weighted by molar-refractivity contribution is 9.10. The minimum atomic E-state index is -5.59. The van der Waals surface area contributed by atoms with Gasteiger partial charge < -0.3 is 24.6 Å². The van der Waals surface area contributed by atoms with Gasteiger partial charge >= 0.3 is 26.5 Å². The SMILES string of the molecule is Cc1ccc2nc(SCCCc3ccc(C(F)(F)P(=O)(O)O)c(Br)c3)[nH]c2c1.O=P(O)(O)C(F)(F)c1ccc(CCCSc2ccc3ccccc3n2)cc1Br. The Kier molecular flexibility index (Phi) is 14.8. The second-order valence-corrected chi connectivity index (χ2v) is 19.8. The van der Waals surface area contributed by atoms with Gasteiger partial charge in [0.05, 0.1) is 21.6 Å². The highest BCUT2D eigenvalue weighted by Gasteiger charge is 2.52. The number of halogens is 6. The molecule has 5 N–H and O–H groups in total. The molecule has 0 aliphatic rings. The van der Waals surface area contributed by atoms with E-state index >= 15 is 0 Å². The summed E-state index contributed by atoms with van der Waals surface area (Å²) in [6, 6.07) is 25.9. The van der Waals surface area contributed by atoms with E-state index in [0.29, 0.717) is 12.8 Å². The fourth-order valence-corrected chi connectivity index (χ4v) is 9.75. The maximum Gasteiger partial charge on any atom is 0.399 e. The molecule has 0 aliphatic carbocycles. The third-order valence-corrected chi connectivity index (χ3v) is 13.6. The van der Waals surface area contributed by atoms with Gasteiger partial charge in [0, 0.05) is 31.2 Å². The minimum absolute atomic E-state index is 0.0119. The molecule has 0 saturated heterocycles. The van der Waals surface area contributed by atoms with E-state index in [0.717, 1.165) is 85.3 Å². The monoisotopic (exact) mass is 977 g/mol. The zero-order valence-electron chi connectivity index (χ0n) is 29.4. The lowest BCUT2D eigenvalue weighted by molar-refractivity contribution is 0.0557. The van der Waals surface area contributed by atoms with Crippen molar-refractivity contribution in [2.75, 3.05) is 11.5 Å². The first-order valence-electron chi connectivity index (χ1n) is 16.8. The summed E-state index contributed by atoms with van der Waals surface area (Å²) in [5, 5.41) is 2.85. The predicted molar refractivity (Wildman–Crippen MR) is 221 cm³/mol. The molecule has 0 amide bonds. The summed E-state index contributed by atoms with van der Waals surface area (Å²) in [5.41, 5.74) is -4.24. The summed E-state index contributed by atoms with van der Waals surface area (Å²) < 4.78 is 77.5. The Morgan fingerprint density at radius 2 is 1.23 bits per heavy atom. The molecule has 0 bridgehead atoms. The molecule has 0 fully saturated rings. The lowest BCUT2D eigenvalue weighted by atomic mass is 10.1. The number of para-hydroxylation sites is 1. The first-order valence-corrected chi connectivity index (χ1v) is 23.6. The van der Waals surface area contributed by atoms with E-state index in [1.165, 1.54) is 24.3 Å². The van der Waals surface area contributed by atoms with Crippen molar-refractivity contribution >= 4 is 92.5 Å². The number of aryl methyl sites for hydroxylation is 3. The Labute approximate surface area is 345 Å². The second-order valence-electron chi connectivity index (χ2n) is 12.6. The Morgan fingerprint density at radius 1 is 0.679 bits per heavy atom. The van der Waals surface area contributed by atoms with Gasteiger partial charge in [-0.1, -0.05) is 98.2 Å². The molecular weight excluding hydrogens is 944 g/mol. The van der Waals surface area contributed by atoms with Gasteiger partial charge in [-0.15, -0.1) is 11.8 Å². The van der Waals surface area contributed by atoms with E-state index in [4.69, 9.17) is 19.6 Å². The third-order valence-electron chi connectivity index (χ3n) is 8.34. The number of alkyl halides is 4. The number of thioether (sulfide) groups is 2. The predicted octanol–water partition coefficient (Wildman–Crippen LogP) is 11.5. The van der Waals surface area contributed by atoms with Crippen LogP contribution in [0.25, 0.3) is 21.9 Å². The maximum absolute atomic E-state index is 13.9. The number of aromatic nitrogens is 3. The molecule has 6 rings (SSSR count). The van der Waals surface area contributed by atoms with Crippen molar-refractivity contribution in [3.8, 4) is 0 Å². The van der Waals surface area contributed by atoms with Gasteiger partial charge in [0.15, 0.2) is 5.16 Å². The molecule has 0 spiro atoms. The molecule has 56 heavy (non-hydrogen) atoms. The first-order chi connectivity index (χ1) is 26.3. The van der Waals surface area contributed by atoms with Gasteiger partial charge in [0.2, 0.25) is 0 Å². The van der Waals surface area contributed by atoms with E-state index in [1.807, 2.05) is 61.5 Å². The van der Waals surface area contributed by atoms with Crippen LogP contribution in [0.5, 0.6) is 0 Å². The van der Waals surface area contributed by atoms with Crippen molar-refractivity contribution in [3.05, 3.63) is 128 Å². The Morgan fingerprint density at radius 3 is 1.79 bits per heavy atom. The van der Waals surface area contributed by atoms with Crippen molar-refractivity contribution in [1.29, 1.82) is 0 Å². The van der Waals surface area contributed by atoms with Gasteiger partial charge in [-0.25, -0.2) is 9.97 Å². The smallest absolute Gasteiger partial charge is 0.333 e. The average Bonchev–Trinajstić information content (AvgIpc) is 3.53. The number of imidazole rings is 1. The van der Waals surface area contributed by atoms with Gasteiger partial charge in [-0.05, 0) is 91.4 Å². The lowest BCUT2D eigenvalue weighted by Crippen LogP contribution is -2.14. The van der Waals surface area contributed by atoms with Gasteiger partial charge in [-0.2, -0.15) is 17.6 Å². The summed E-state index contributed by atoms with van der Waals surface area (Å²) in [6.07, 6.45) is 2.90. The van der Waals surface area contributed by atoms with Crippen LogP contribution in [0.15, 0.2) is 110 Å². The minimum Gasteiger partial charge on any atom is -0.333 e. The molecule has 19 heteroatoms. The molecule has 9 nitrogen and oxygen atoms in total. The van der Waals surface area contributed by atoms with Crippen LogP contribution in [0.2, 0.25) is 0 Å². The number of rotatable bonds is 14. The Balaban J connectivity index is 0.000000214. The Bertz CT molecular complexity index is 2430. The lowest BCUT2D eigenvalue weighted by Gasteiger charge is -2.19. The van der Waals surface area contributed by atoms with Crippen molar-refractivity contribution < 1.29 is 46.3 Å². The number of fused-ring (bicyclic) bond motifs is 2. The summed E-state index contributed by atoms with van der Waals surface area (Å²) in [5.74, 6) is 1.60. The highest BCUT2D eigenvalue weighted by atomic mass is 79.9. The van der Waals surface area contributed by atoms with E-state index in [9.17, 15) is 26.7 Å². The summed E-state index contributed by atoms with van der Waals surface area (Å²) in [4.78, 5) is 47.9. The molecule has 0 saturated carbocycles. The van der Waals surface area contributed by atoms with Gasteiger partial charge in [0.25, 0.3) is 0 Å². The molecule has 298 valence electrons. The van der Waals surface area contributed by atoms with E-state index in [-0.39, 0.29) is 8.95 Å². The topological polar surface area (TPSA) is 157 Å². The second kappa shape index (κ2) is 18.6. The highest BCUT2D eigenvalue weighted by Crippen LogP contribution is 2.61. The van der Waals surface area contributed by atoms with Crippen LogP contribution in [0.4, 0.5) is 17.6 Å². The number of hydrogen-bond acceptors (Lipinski definition) is 6. The van der Waals surface area contributed by atoms with Crippen LogP contribution < -0.4 is 0 Å². The van der Waals surface area contributed by atoms with Crippen LogP contribution in [0.3, 0.4) is 0 Å². The summed E-state index contributed by atoms with van der Waals surface area (Å²) in [7, 11) is -11.2. The zero-order valence-corrected chi connectivity index (χ0v) is 36.0. The number of pyridine rings is 1. The molecule has 2 heterocycles. The standard InChI is InChI=1S/C19H17BrF2NO3PS.C18H18BrF2N2O3PS/c20-16-12-13(7-9-15(16)19(21,22)27(24,25)26)4-3-11-28-18-10-8-14-5-1-2-6-17(14)23-18;1-11-4-7-15-16(9-11)23-17(22-15)28-8-2-3-12-5-6-13(14(19)10-12)18(20,21)27(24,25)26/h1-2,5-10,12H,3-4,11H2,(H2,24,25,26);4-7,9-10H,2-3,8H2,1H3,(H,22,23)(H2,24,25,26). The fraction of sp³-hybridized carbons (Fsp3) is 0.243. The normalized spacial score (nSPS) is 12.6. The molecule has 4 aromatic carbocycles. The van der Waals surface area contributed by atoms with Gasteiger partial charge in [-0.3, -0.25) is 9.13 Å². The largest absolute Gasteiger partial charge is 0.399 e. The number of aromatic amines is 1. The van der Waals surface area contributed by atoms with E-state index in [2.05, 4.69) is 46.8 Å². The molecule has 0 atom stereocenters. The molecule has 0 aliphatic heterocycles. The Hall–Kier alpha value is -2.56. The number of nitrogens with zero attached hydrogens (tertiary/aromatic N) is 2. The fourth-order valence-electron chi connectivity index (χ4n) is 5.42. The van der Waals surface area contributed by atoms with Crippen molar-refractivity contribution in [2.24, 2.45) is 0 Å². The van der Waals surface area contributed by atoms with Crippen molar-refractivity contribution in [3.63, 3.8) is 0 Å². The van der Waals surface area contributed by atoms with E-state index in [1.54, 1.807) is 23.5 Å². The molecule has 2 aromatic heterocycles. The zero-order chi connectivity index (χ0) is 40.9. The number of hydrogen-bond donors (Lipinski definition) is 5. The van der Waals surface area contributed by atoms with Crippen LogP contribution in [-0.2, 0) is 33.3 Å². The number of nitrogens with one attached hydrogen (secondary N) is 1.